The van der Waals surface area contributed by atoms with Crippen LogP contribution in [0.3, 0.4) is 0 Å². The Bertz CT molecular complexity index is 915. The van der Waals surface area contributed by atoms with Crippen LogP contribution in [-0.2, 0) is 9.59 Å². The molecular formula is C23H28N2O5. The molecule has 3 rings (SSSR count). The third-order valence-corrected chi connectivity index (χ3v) is 5.46. The molecule has 30 heavy (non-hydrogen) atoms. The number of aliphatic hydroxyl groups is 1. The molecule has 1 N–H and O–H groups in total. The molecule has 1 aliphatic rings. The van der Waals surface area contributed by atoms with E-state index in [1.807, 2.05) is 0 Å². The Morgan fingerprint density at radius 3 is 2.60 bits per heavy atom. The van der Waals surface area contributed by atoms with Crippen LogP contribution in [0.25, 0.3) is 5.76 Å². The van der Waals surface area contributed by atoms with Crippen LogP contribution in [0.5, 0.6) is 5.75 Å². The highest BCUT2D eigenvalue weighted by molar-refractivity contribution is 6.46. The zero-order valence-electron chi connectivity index (χ0n) is 17.6. The Labute approximate surface area is 176 Å². The Hall–Kier alpha value is -3.06. The molecule has 1 amide bonds. The summed E-state index contributed by atoms with van der Waals surface area (Å²) in [6.45, 7) is 7.23. The van der Waals surface area contributed by atoms with Gasteiger partial charge >= 0.3 is 0 Å². The predicted octanol–water partition coefficient (Wildman–Crippen LogP) is 3.44. The van der Waals surface area contributed by atoms with Crippen LogP contribution in [0.15, 0.2) is 52.7 Å². The molecule has 7 nitrogen and oxygen atoms in total. The van der Waals surface area contributed by atoms with Gasteiger partial charge in [0.15, 0.2) is 0 Å². The monoisotopic (exact) mass is 412 g/mol. The van der Waals surface area contributed by atoms with E-state index in [1.165, 1.54) is 18.3 Å². The Morgan fingerprint density at radius 1 is 1.20 bits per heavy atom. The number of rotatable bonds is 9. The summed E-state index contributed by atoms with van der Waals surface area (Å²) >= 11 is 0. The van der Waals surface area contributed by atoms with E-state index < -0.39 is 17.7 Å². The van der Waals surface area contributed by atoms with Gasteiger partial charge in [-0.1, -0.05) is 26.0 Å². The molecule has 1 fully saturated rings. The molecule has 2 aromatic rings. The van der Waals surface area contributed by atoms with Gasteiger partial charge < -0.3 is 24.1 Å². The van der Waals surface area contributed by atoms with E-state index in [1.54, 1.807) is 36.4 Å². The molecule has 1 aromatic heterocycles. The lowest BCUT2D eigenvalue weighted by atomic mass is 9.99. The third-order valence-electron chi connectivity index (χ3n) is 5.46. The van der Waals surface area contributed by atoms with Gasteiger partial charge in [-0.2, -0.15) is 0 Å². The number of likely N-dealkylation sites (tertiary alicyclic amines) is 1. The summed E-state index contributed by atoms with van der Waals surface area (Å²) in [5.41, 5.74) is 0.443. The lowest BCUT2D eigenvalue weighted by Crippen LogP contribution is -2.33. The van der Waals surface area contributed by atoms with Gasteiger partial charge in [0.2, 0.25) is 0 Å². The van der Waals surface area contributed by atoms with Crippen molar-refractivity contribution in [3.63, 3.8) is 0 Å². The first-order valence-electron chi connectivity index (χ1n) is 10.2. The molecule has 2 heterocycles. The van der Waals surface area contributed by atoms with E-state index >= 15 is 0 Å². The van der Waals surface area contributed by atoms with Crippen molar-refractivity contribution in [2.24, 2.45) is 0 Å². The van der Waals surface area contributed by atoms with Crippen molar-refractivity contribution in [1.29, 1.82) is 0 Å². The Kier molecular flexibility index (Phi) is 6.95. The van der Waals surface area contributed by atoms with Gasteiger partial charge in [0.05, 0.1) is 18.9 Å². The van der Waals surface area contributed by atoms with Crippen LogP contribution in [0.2, 0.25) is 0 Å². The predicted molar refractivity (Wildman–Crippen MR) is 113 cm³/mol. The second-order valence-electron chi connectivity index (χ2n) is 7.12. The number of nitrogens with zero attached hydrogens (tertiary/aromatic N) is 2. The first-order valence-corrected chi connectivity index (χ1v) is 10.2. The second-order valence-corrected chi connectivity index (χ2v) is 7.12. The van der Waals surface area contributed by atoms with Gasteiger partial charge in [-0.25, -0.2) is 0 Å². The average Bonchev–Trinajstić information content (AvgIpc) is 3.38. The maximum atomic E-state index is 12.9. The number of methoxy groups -OCH3 is 1. The number of amides is 1. The lowest BCUT2D eigenvalue weighted by Gasteiger charge is -2.25. The third kappa shape index (κ3) is 4.26. The number of furan rings is 1. The highest BCUT2D eigenvalue weighted by atomic mass is 16.5. The minimum atomic E-state index is -0.761. The number of benzene rings is 1. The smallest absolute Gasteiger partial charge is 0.295 e. The molecule has 0 aliphatic carbocycles. The van der Waals surface area contributed by atoms with Gasteiger partial charge in [-0.05, 0) is 50.3 Å². The van der Waals surface area contributed by atoms with E-state index in [0.717, 1.165) is 19.6 Å². The zero-order chi connectivity index (χ0) is 21.7. The summed E-state index contributed by atoms with van der Waals surface area (Å²) in [5.74, 6) is -0.580. The van der Waals surface area contributed by atoms with E-state index in [-0.39, 0.29) is 11.3 Å². The number of ether oxygens (including phenoxy) is 1. The molecule has 1 aliphatic heterocycles. The molecular weight excluding hydrogens is 384 g/mol. The molecule has 160 valence electrons. The van der Waals surface area contributed by atoms with E-state index in [2.05, 4.69) is 18.7 Å². The van der Waals surface area contributed by atoms with Crippen LogP contribution < -0.4 is 4.74 Å². The van der Waals surface area contributed by atoms with Crippen molar-refractivity contribution in [1.82, 2.24) is 9.80 Å². The van der Waals surface area contributed by atoms with Crippen molar-refractivity contribution in [2.45, 2.75) is 26.3 Å². The quantitative estimate of drug-likeness (QED) is 0.386. The van der Waals surface area contributed by atoms with Crippen LogP contribution in [0, 0.1) is 0 Å². The van der Waals surface area contributed by atoms with Crippen molar-refractivity contribution < 1.29 is 23.8 Å². The van der Waals surface area contributed by atoms with Crippen molar-refractivity contribution in [3.8, 4) is 5.75 Å². The van der Waals surface area contributed by atoms with E-state index in [4.69, 9.17) is 9.15 Å². The number of aliphatic hydroxyl groups excluding tert-OH is 1. The molecule has 0 bridgehead atoms. The summed E-state index contributed by atoms with van der Waals surface area (Å²) < 4.78 is 10.8. The molecule has 7 heteroatoms. The summed E-state index contributed by atoms with van der Waals surface area (Å²) in [5, 5.41) is 11.0. The van der Waals surface area contributed by atoms with E-state index in [0.29, 0.717) is 30.0 Å². The van der Waals surface area contributed by atoms with Crippen LogP contribution in [0.1, 0.15) is 37.6 Å². The Morgan fingerprint density at radius 2 is 1.97 bits per heavy atom. The van der Waals surface area contributed by atoms with E-state index in [9.17, 15) is 14.7 Å². The van der Waals surface area contributed by atoms with Crippen LogP contribution in [-0.4, -0.2) is 59.9 Å². The fraction of sp³-hybridized carbons (Fsp3) is 0.391. The highest BCUT2D eigenvalue weighted by Gasteiger charge is 2.47. The summed E-state index contributed by atoms with van der Waals surface area (Å²) in [7, 11) is 1.52. The topological polar surface area (TPSA) is 83.2 Å². The maximum Gasteiger partial charge on any atom is 0.295 e. The van der Waals surface area contributed by atoms with Gasteiger partial charge in [0.25, 0.3) is 11.7 Å². The average molecular weight is 412 g/mol. The minimum Gasteiger partial charge on any atom is -0.507 e. The molecule has 0 spiro atoms. The van der Waals surface area contributed by atoms with Gasteiger partial charge in [0.1, 0.15) is 23.3 Å². The summed E-state index contributed by atoms with van der Waals surface area (Å²) in [4.78, 5) is 29.5. The number of carbonyl (C=O) groups excluding carboxylic acids is 2. The van der Waals surface area contributed by atoms with Gasteiger partial charge in [0, 0.05) is 12.1 Å². The largest absolute Gasteiger partial charge is 0.507 e. The van der Waals surface area contributed by atoms with Crippen LogP contribution >= 0.6 is 0 Å². The minimum absolute atomic E-state index is 0.0334. The fourth-order valence-electron chi connectivity index (χ4n) is 3.78. The number of hydrogen-bond donors (Lipinski definition) is 1. The Balaban J connectivity index is 1.97. The maximum absolute atomic E-state index is 12.9. The summed E-state index contributed by atoms with van der Waals surface area (Å²) in [6.07, 6.45) is 2.21. The summed E-state index contributed by atoms with van der Waals surface area (Å²) in [6, 6.07) is 9.42. The van der Waals surface area contributed by atoms with Crippen molar-refractivity contribution in [3.05, 3.63) is 59.6 Å². The number of hydrogen-bond acceptors (Lipinski definition) is 6. The van der Waals surface area contributed by atoms with Crippen LogP contribution in [0.4, 0.5) is 0 Å². The number of carbonyl (C=O) groups is 2. The normalized spacial score (nSPS) is 18.4. The molecule has 1 aromatic carbocycles. The second kappa shape index (κ2) is 9.63. The number of Topliss-reactive ketones (excluding diaryl/α,β-unsaturated/α-hetero) is 1. The zero-order valence-corrected chi connectivity index (χ0v) is 17.6. The first-order chi connectivity index (χ1) is 14.5. The highest BCUT2D eigenvalue weighted by Crippen LogP contribution is 2.39. The fourth-order valence-corrected chi connectivity index (χ4v) is 3.78. The number of ketones is 1. The molecule has 0 unspecified atom stereocenters. The molecule has 1 saturated heterocycles. The molecule has 0 radical (unpaired) electrons. The van der Waals surface area contributed by atoms with Gasteiger partial charge in [-0.3, -0.25) is 9.59 Å². The lowest BCUT2D eigenvalue weighted by molar-refractivity contribution is -0.140. The SMILES string of the molecule is CCN(CC)CCCN1C(=O)C(=O)/C(=C(/O)c2cccc(OC)c2)[C@H]1c1ccco1. The molecule has 0 saturated carbocycles. The molecule has 1 atom stereocenters. The van der Waals surface area contributed by atoms with Crippen molar-refractivity contribution >= 4 is 17.4 Å². The van der Waals surface area contributed by atoms with Crippen molar-refractivity contribution in [2.75, 3.05) is 33.3 Å². The first kappa shape index (κ1) is 21.6. The standard InChI is InChI=1S/C23H28N2O5/c1-4-24(5-2)12-8-13-25-20(18-11-7-14-30-18)19(22(27)23(25)28)21(26)16-9-6-10-17(15-16)29-3/h6-7,9-11,14-15,20,26H,4-5,8,12-13H2,1-3H3/b21-19+/t20-/m1/s1. The van der Waals surface area contributed by atoms with Gasteiger partial charge in [-0.15, -0.1) is 0 Å².